The number of carbonyl (C=O) groups is 1. The summed E-state index contributed by atoms with van der Waals surface area (Å²) in [6.45, 7) is 3.50. The number of carbonyl (C=O) groups excluding carboxylic acids is 1. The molecule has 0 aliphatic carbocycles. The Morgan fingerprint density at radius 1 is 1.26 bits per heavy atom. The van der Waals surface area contributed by atoms with Crippen molar-refractivity contribution >= 4 is 15.9 Å². The fourth-order valence-electron chi connectivity index (χ4n) is 1.62. The second kappa shape index (κ2) is 6.10. The van der Waals surface area contributed by atoms with Crippen LogP contribution < -0.4 is 4.72 Å². The van der Waals surface area contributed by atoms with E-state index in [4.69, 9.17) is 0 Å². The Hall–Kier alpha value is -1.50. The largest absolute Gasteiger partial charge is 0.274 e. The van der Waals surface area contributed by atoms with E-state index >= 15 is 0 Å². The smallest absolute Gasteiger partial charge is 0.266 e. The van der Waals surface area contributed by atoms with Gasteiger partial charge in [0.25, 0.3) is 10.0 Å². The molecule has 7 heteroatoms. The fourth-order valence-corrected chi connectivity index (χ4v) is 2.73. The van der Waals surface area contributed by atoms with Gasteiger partial charge in [-0.25, -0.2) is 21.9 Å². The maximum atomic E-state index is 13.4. The van der Waals surface area contributed by atoms with Crippen molar-refractivity contribution in [3.63, 3.8) is 0 Å². The van der Waals surface area contributed by atoms with E-state index in [1.165, 1.54) is 0 Å². The number of benzene rings is 1. The average Bonchev–Trinajstić information content (AvgIpc) is 2.29. The third kappa shape index (κ3) is 3.73. The highest BCUT2D eigenvalue weighted by molar-refractivity contribution is 7.90. The van der Waals surface area contributed by atoms with Crippen LogP contribution >= 0.6 is 0 Å². The van der Waals surface area contributed by atoms with Crippen molar-refractivity contribution in [2.45, 2.75) is 31.6 Å². The minimum Gasteiger partial charge on any atom is -0.274 e. The van der Waals surface area contributed by atoms with Crippen LogP contribution in [0.25, 0.3) is 0 Å². The molecule has 1 aromatic rings. The molecule has 1 rings (SSSR count). The summed E-state index contributed by atoms with van der Waals surface area (Å²) in [5.74, 6) is -3.26. The summed E-state index contributed by atoms with van der Waals surface area (Å²) < 4.78 is 51.5. The Balaban J connectivity index is 3.02. The van der Waals surface area contributed by atoms with E-state index in [-0.39, 0.29) is 0 Å². The highest BCUT2D eigenvalue weighted by atomic mass is 32.2. The predicted octanol–water partition coefficient (Wildman–Crippen LogP) is 2.21. The molecular formula is C12H15F2NO3S. The molecule has 19 heavy (non-hydrogen) atoms. The van der Waals surface area contributed by atoms with Gasteiger partial charge >= 0.3 is 0 Å². The molecule has 0 aliphatic heterocycles. The third-order valence-corrected chi connectivity index (χ3v) is 4.15. The molecule has 0 heterocycles. The zero-order valence-corrected chi connectivity index (χ0v) is 11.4. The topological polar surface area (TPSA) is 63.2 Å². The minimum atomic E-state index is -4.31. The summed E-state index contributed by atoms with van der Waals surface area (Å²) in [4.78, 5) is 10.9. The van der Waals surface area contributed by atoms with Crippen LogP contribution in [0, 0.1) is 17.6 Å². The molecule has 4 nitrogen and oxygen atoms in total. The number of hydrogen-bond acceptors (Lipinski definition) is 3. The monoisotopic (exact) mass is 291 g/mol. The van der Waals surface area contributed by atoms with Gasteiger partial charge < -0.3 is 0 Å². The molecule has 0 bridgehead atoms. The van der Waals surface area contributed by atoms with Gasteiger partial charge in [0, 0.05) is 12.0 Å². The van der Waals surface area contributed by atoms with Crippen molar-refractivity contribution in [3.05, 3.63) is 29.8 Å². The highest BCUT2D eigenvalue weighted by Gasteiger charge is 2.25. The fraction of sp³-hybridized carbons (Fsp3) is 0.417. The highest BCUT2D eigenvalue weighted by Crippen LogP contribution is 2.16. The quantitative estimate of drug-likeness (QED) is 0.904. The number of nitrogens with one attached hydrogen (secondary N) is 1. The van der Waals surface area contributed by atoms with Gasteiger partial charge in [0.1, 0.15) is 16.5 Å². The second-order valence-electron chi connectivity index (χ2n) is 4.06. The molecule has 0 spiro atoms. The van der Waals surface area contributed by atoms with Crippen LogP contribution in [0.15, 0.2) is 23.1 Å². The van der Waals surface area contributed by atoms with Crippen LogP contribution in [-0.2, 0) is 14.8 Å². The molecule has 106 valence electrons. The third-order valence-electron chi connectivity index (χ3n) is 2.77. The Morgan fingerprint density at radius 3 is 2.32 bits per heavy atom. The molecule has 0 fully saturated rings. The first-order valence-electron chi connectivity index (χ1n) is 5.83. The zero-order valence-electron chi connectivity index (χ0n) is 10.6. The number of sulfonamides is 1. The molecule has 0 radical (unpaired) electrons. The lowest BCUT2D eigenvalue weighted by molar-refractivity contribution is -0.123. The molecular weight excluding hydrogens is 276 g/mol. The number of rotatable bonds is 5. The van der Waals surface area contributed by atoms with Crippen molar-refractivity contribution < 1.29 is 22.0 Å². The van der Waals surface area contributed by atoms with E-state index in [0.717, 1.165) is 12.1 Å². The maximum absolute atomic E-state index is 13.4. The van der Waals surface area contributed by atoms with Gasteiger partial charge in [-0.15, -0.1) is 0 Å². The molecule has 1 aromatic carbocycles. The zero-order chi connectivity index (χ0) is 14.6. The molecule has 0 saturated carbocycles. The standard InChI is InChI=1S/C12H15F2NO3S/c1-3-8(4-2)12(16)15-19(17,18)11-6-5-9(13)7-10(11)14/h5-8H,3-4H2,1-2H3,(H,15,16). The van der Waals surface area contributed by atoms with Crippen LogP contribution in [0.1, 0.15) is 26.7 Å². The summed E-state index contributed by atoms with van der Waals surface area (Å²) in [5.41, 5.74) is 0. The normalized spacial score (nSPS) is 11.6. The number of amides is 1. The van der Waals surface area contributed by atoms with Crippen molar-refractivity contribution in [3.8, 4) is 0 Å². The summed E-state index contributed by atoms with van der Waals surface area (Å²) in [6.07, 6.45) is 0.952. The number of hydrogen-bond donors (Lipinski definition) is 1. The molecule has 0 aromatic heterocycles. The molecule has 0 saturated heterocycles. The van der Waals surface area contributed by atoms with E-state index < -0.39 is 38.4 Å². The lowest BCUT2D eigenvalue weighted by atomic mass is 10.0. The Kier molecular flexibility index (Phi) is 4.99. The van der Waals surface area contributed by atoms with E-state index in [2.05, 4.69) is 0 Å². The molecule has 0 atom stereocenters. The van der Waals surface area contributed by atoms with Crippen molar-refractivity contribution in [1.82, 2.24) is 4.72 Å². The number of halogens is 2. The predicted molar refractivity (Wildman–Crippen MR) is 65.8 cm³/mol. The van der Waals surface area contributed by atoms with E-state index in [9.17, 15) is 22.0 Å². The maximum Gasteiger partial charge on any atom is 0.266 e. The summed E-state index contributed by atoms with van der Waals surface area (Å²) >= 11 is 0. The first-order chi connectivity index (χ1) is 8.81. The summed E-state index contributed by atoms with van der Waals surface area (Å²) in [6, 6.07) is 2.06. The van der Waals surface area contributed by atoms with Crippen molar-refractivity contribution in [1.29, 1.82) is 0 Å². The SMILES string of the molecule is CCC(CC)C(=O)NS(=O)(=O)c1ccc(F)cc1F. The lowest BCUT2D eigenvalue weighted by Crippen LogP contribution is -2.35. The molecule has 1 N–H and O–H groups in total. The Morgan fingerprint density at radius 2 is 1.84 bits per heavy atom. The van der Waals surface area contributed by atoms with Gasteiger partial charge in [0.05, 0.1) is 0 Å². The molecule has 0 aliphatic rings. The Bertz CT molecular complexity index is 568. The van der Waals surface area contributed by atoms with Gasteiger partial charge in [-0.05, 0) is 25.0 Å². The molecule has 0 unspecified atom stereocenters. The van der Waals surface area contributed by atoms with Gasteiger partial charge in [0.2, 0.25) is 5.91 Å². The van der Waals surface area contributed by atoms with Crippen LogP contribution in [-0.4, -0.2) is 14.3 Å². The Labute approximate surface area is 110 Å². The second-order valence-corrected chi connectivity index (χ2v) is 5.71. The average molecular weight is 291 g/mol. The van der Waals surface area contributed by atoms with Crippen LogP contribution in [0.5, 0.6) is 0 Å². The van der Waals surface area contributed by atoms with Gasteiger partial charge in [-0.2, -0.15) is 0 Å². The van der Waals surface area contributed by atoms with E-state index in [0.29, 0.717) is 18.9 Å². The first kappa shape index (κ1) is 15.6. The van der Waals surface area contributed by atoms with E-state index in [1.54, 1.807) is 18.6 Å². The van der Waals surface area contributed by atoms with Gasteiger partial charge in [-0.3, -0.25) is 4.79 Å². The lowest BCUT2D eigenvalue weighted by Gasteiger charge is -2.13. The van der Waals surface area contributed by atoms with Crippen LogP contribution in [0.3, 0.4) is 0 Å². The minimum absolute atomic E-state index is 0.455. The summed E-state index contributed by atoms with van der Waals surface area (Å²) in [5, 5.41) is 0. The summed E-state index contributed by atoms with van der Waals surface area (Å²) in [7, 11) is -4.31. The van der Waals surface area contributed by atoms with E-state index in [1.807, 2.05) is 0 Å². The van der Waals surface area contributed by atoms with Gasteiger partial charge in [-0.1, -0.05) is 13.8 Å². The van der Waals surface area contributed by atoms with Gasteiger partial charge in [0.15, 0.2) is 0 Å². The van der Waals surface area contributed by atoms with Crippen LogP contribution in [0.4, 0.5) is 8.78 Å². The van der Waals surface area contributed by atoms with Crippen LogP contribution in [0.2, 0.25) is 0 Å². The van der Waals surface area contributed by atoms with Crippen molar-refractivity contribution in [2.75, 3.05) is 0 Å². The first-order valence-corrected chi connectivity index (χ1v) is 7.31. The van der Waals surface area contributed by atoms with Crippen molar-refractivity contribution in [2.24, 2.45) is 5.92 Å². The molecule has 1 amide bonds.